The molecule has 5 heteroatoms. The van der Waals surface area contributed by atoms with E-state index in [4.69, 9.17) is 33.2 Å². The van der Waals surface area contributed by atoms with Gasteiger partial charge in [-0.05, 0) is 55.9 Å². The van der Waals surface area contributed by atoms with E-state index in [1.54, 1.807) is 0 Å². The molecule has 0 saturated heterocycles. The molecule has 1 heterocycles. The van der Waals surface area contributed by atoms with Crippen LogP contribution in [0.3, 0.4) is 0 Å². The van der Waals surface area contributed by atoms with Crippen molar-refractivity contribution >= 4 is 23.2 Å². The minimum Gasteiger partial charge on any atom is -0.396 e. The summed E-state index contributed by atoms with van der Waals surface area (Å²) in [6.07, 6.45) is 6.85. The Hall–Kier alpha value is -1.94. The van der Waals surface area contributed by atoms with Gasteiger partial charge in [0.15, 0.2) is 0 Å². The van der Waals surface area contributed by atoms with E-state index in [2.05, 4.69) is 6.92 Å². The zero-order valence-electron chi connectivity index (χ0n) is 16.6. The summed E-state index contributed by atoms with van der Waals surface area (Å²) >= 11 is 12.1. The molecule has 0 bridgehead atoms. The molecule has 152 valence electrons. The molecule has 0 amide bonds. The third-order valence-electron chi connectivity index (χ3n) is 5.06. The van der Waals surface area contributed by atoms with Crippen molar-refractivity contribution in [2.45, 2.75) is 39.0 Å². The van der Waals surface area contributed by atoms with Crippen LogP contribution in [0, 0.1) is 5.92 Å². The van der Waals surface area contributed by atoms with E-state index in [1.807, 2.05) is 54.7 Å². The summed E-state index contributed by atoms with van der Waals surface area (Å²) in [6, 6.07) is 15.3. The second kappa shape index (κ2) is 10.7. The minimum absolute atomic E-state index is 0.255. The zero-order valence-corrected chi connectivity index (χ0v) is 18.1. The fraction of sp³-hybridized carbons (Fsp3) is 0.333. The first-order chi connectivity index (χ1) is 14.1. The summed E-state index contributed by atoms with van der Waals surface area (Å²) in [5, 5.41) is 10.9. The average molecular weight is 429 g/mol. The van der Waals surface area contributed by atoms with Gasteiger partial charge in [0.2, 0.25) is 0 Å². The molecule has 3 aromatic rings. The molecule has 0 saturated carbocycles. The van der Waals surface area contributed by atoms with Crippen LogP contribution in [-0.2, 0) is 6.42 Å². The summed E-state index contributed by atoms with van der Waals surface area (Å²) in [4.78, 5) is 9.68. The lowest BCUT2D eigenvalue weighted by Gasteiger charge is -2.13. The van der Waals surface area contributed by atoms with Crippen molar-refractivity contribution in [2.75, 3.05) is 6.61 Å². The highest BCUT2D eigenvalue weighted by Crippen LogP contribution is 2.30. The van der Waals surface area contributed by atoms with Crippen molar-refractivity contribution in [2.24, 2.45) is 5.92 Å². The number of hydrogen-bond acceptors (Lipinski definition) is 3. The highest BCUT2D eigenvalue weighted by Gasteiger charge is 2.13. The van der Waals surface area contributed by atoms with Gasteiger partial charge in [0.1, 0.15) is 0 Å². The second-order valence-electron chi connectivity index (χ2n) is 7.30. The van der Waals surface area contributed by atoms with Crippen molar-refractivity contribution in [1.29, 1.82) is 0 Å². The highest BCUT2D eigenvalue weighted by molar-refractivity contribution is 6.31. The Bertz CT molecular complexity index is 911. The first kappa shape index (κ1) is 21.8. The Labute approximate surface area is 182 Å². The number of benzene rings is 2. The number of nitrogens with zero attached hydrogens (tertiary/aromatic N) is 2. The van der Waals surface area contributed by atoms with Crippen LogP contribution in [0.5, 0.6) is 0 Å². The van der Waals surface area contributed by atoms with E-state index < -0.39 is 0 Å². The Morgan fingerprint density at radius 3 is 2.00 bits per heavy atom. The maximum Gasteiger partial charge on any atom is 0.0968 e. The number of aliphatic hydroxyl groups excluding tert-OH is 1. The average Bonchev–Trinajstić information content (AvgIpc) is 2.74. The van der Waals surface area contributed by atoms with E-state index in [0.29, 0.717) is 16.0 Å². The Kier molecular flexibility index (Phi) is 8.05. The summed E-state index contributed by atoms with van der Waals surface area (Å²) in [6.45, 7) is 2.41. The zero-order chi connectivity index (χ0) is 20.6. The van der Waals surface area contributed by atoms with Crippen molar-refractivity contribution < 1.29 is 5.11 Å². The minimum atomic E-state index is 0.255. The lowest BCUT2D eigenvalue weighted by Crippen LogP contribution is -2.06. The third-order valence-corrected chi connectivity index (χ3v) is 5.56. The molecular weight excluding hydrogens is 403 g/mol. The molecular formula is C24H26Cl2N2O. The number of aliphatic hydroxyl groups is 1. The largest absolute Gasteiger partial charge is 0.396 e. The normalized spacial score (nSPS) is 12.1. The smallest absolute Gasteiger partial charge is 0.0968 e. The van der Waals surface area contributed by atoms with Gasteiger partial charge in [-0.2, -0.15) is 0 Å². The second-order valence-corrected chi connectivity index (χ2v) is 8.17. The van der Waals surface area contributed by atoms with Gasteiger partial charge in [0.05, 0.1) is 17.1 Å². The van der Waals surface area contributed by atoms with Crippen LogP contribution in [-0.4, -0.2) is 21.7 Å². The van der Waals surface area contributed by atoms with E-state index >= 15 is 0 Å². The Balaban J connectivity index is 1.87. The number of aryl methyl sites for hydroxylation is 1. The number of rotatable bonds is 9. The van der Waals surface area contributed by atoms with Gasteiger partial charge in [0, 0.05) is 34.0 Å². The lowest BCUT2D eigenvalue weighted by atomic mass is 9.97. The van der Waals surface area contributed by atoms with Crippen molar-refractivity contribution in [3.63, 3.8) is 0 Å². The topological polar surface area (TPSA) is 46.0 Å². The molecule has 1 aromatic heterocycles. The first-order valence-electron chi connectivity index (χ1n) is 10.1. The van der Waals surface area contributed by atoms with Crippen molar-refractivity contribution in [1.82, 2.24) is 9.97 Å². The van der Waals surface area contributed by atoms with Crippen molar-refractivity contribution in [3.8, 4) is 22.5 Å². The molecule has 3 nitrogen and oxygen atoms in total. The molecule has 29 heavy (non-hydrogen) atoms. The fourth-order valence-corrected chi connectivity index (χ4v) is 3.73. The number of halogens is 2. The molecule has 0 spiro atoms. The van der Waals surface area contributed by atoms with E-state index in [1.165, 1.54) is 0 Å². The summed E-state index contributed by atoms with van der Waals surface area (Å²) in [7, 11) is 0. The van der Waals surface area contributed by atoms with Gasteiger partial charge < -0.3 is 5.11 Å². The van der Waals surface area contributed by atoms with Crippen LogP contribution >= 0.6 is 23.2 Å². The molecule has 2 aromatic carbocycles. The number of hydrogen-bond donors (Lipinski definition) is 1. The van der Waals surface area contributed by atoms with Gasteiger partial charge in [0.25, 0.3) is 0 Å². The van der Waals surface area contributed by atoms with Crippen LogP contribution < -0.4 is 0 Å². The maximum atomic E-state index is 9.50. The Morgan fingerprint density at radius 1 is 0.862 bits per heavy atom. The van der Waals surface area contributed by atoms with Gasteiger partial charge in [-0.1, -0.05) is 60.8 Å². The quantitative estimate of drug-likeness (QED) is 0.405. The molecule has 0 fully saturated rings. The predicted molar refractivity (Wildman–Crippen MR) is 121 cm³/mol. The summed E-state index contributed by atoms with van der Waals surface area (Å²) in [5.41, 5.74) is 4.58. The summed E-state index contributed by atoms with van der Waals surface area (Å²) in [5.74, 6) is 0.372. The monoisotopic (exact) mass is 428 g/mol. The van der Waals surface area contributed by atoms with E-state index in [-0.39, 0.29) is 6.61 Å². The van der Waals surface area contributed by atoms with Gasteiger partial charge in [-0.3, -0.25) is 4.98 Å². The molecule has 1 N–H and O–H groups in total. The molecule has 0 unspecified atom stereocenters. The van der Waals surface area contributed by atoms with Crippen LogP contribution in [0.2, 0.25) is 10.0 Å². The van der Waals surface area contributed by atoms with Crippen LogP contribution in [0.15, 0.2) is 54.7 Å². The van der Waals surface area contributed by atoms with Crippen LogP contribution in [0.25, 0.3) is 22.5 Å². The number of aromatic nitrogens is 2. The van der Waals surface area contributed by atoms with E-state index in [0.717, 1.165) is 60.3 Å². The molecule has 0 aliphatic heterocycles. The molecule has 0 aliphatic carbocycles. The van der Waals surface area contributed by atoms with Crippen molar-refractivity contribution in [3.05, 3.63) is 70.5 Å². The SMILES string of the molecule is CCC[C@@H](CO)CCCc1cnc(-c2ccc(Cl)cc2)c(-c2ccc(Cl)cc2)n1. The standard InChI is InChI=1S/C24H26Cl2N2O/c1-2-4-17(16-29)5-3-6-22-15-27-23(18-7-11-20(25)12-8-18)24(28-22)19-9-13-21(26)14-10-19/h7-15,17,29H,2-6,16H2,1H3/t17-/m1/s1. The third kappa shape index (κ3) is 6.02. The highest BCUT2D eigenvalue weighted by atomic mass is 35.5. The Morgan fingerprint density at radius 2 is 1.45 bits per heavy atom. The molecule has 3 rings (SSSR count). The first-order valence-corrected chi connectivity index (χ1v) is 10.8. The maximum absolute atomic E-state index is 9.50. The summed E-state index contributed by atoms with van der Waals surface area (Å²) < 4.78 is 0. The fourth-order valence-electron chi connectivity index (χ4n) is 3.48. The van der Waals surface area contributed by atoms with E-state index in [9.17, 15) is 5.11 Å². The van der Waals surface area contributed by atoms with Gasteiger partial charge >= 0.3 is 0 Å². The van der Waals surface area contributed by atoms with Crippen LogP contribution in [0.1, 0.15) is 38.3 Å². The predicted octanol–water partition coefficient (Wildman–Crippen LogP) is 6.85. The molecule has 1 atom stereocenters. The van der Waals surface area contributed by atoms with Gasteiger partial charge in [-0.15, -0.1) is 0 Å². The molecule has 0 aliphatic rings. The molecule has 0 radical (unpaired) electrons. The van der Waals surface area contributed by atoms with Crippen LogP contribution in [0.4, 0.5) is 0 Å². The lowest BCUT2D eigenvalue weighted by molar-refractivity contribution is 0.207. The van der Waals surface area contributed by atoms with Gasteiger partial charge in [-0.25, -0.2) is 4.98 Å².